The maximum absolute atomic E-state index is 13.5. The summed E-state index contributed by atoms with van der Waals surface area (Å²) in [6, 6.07) is 5.77. The standard InChI is InChI=1S/C26H31N3O7/c1-6-15-12-20(15)29(24(31)32)23(30)21-13-18(14-28(21)25(33)36-26(2,3)4)35-22-19-8-7-17(34-5)11-16(19)9-10-27-22/h6-11,15,18,20-21H,1,12-14H2,2-5H3,(H,31,32). The van der Waals surface area contributed by atoms with Crippen LogP contribution >= 0.6 is 0 Å². The Morgan fingerprint density at radius 2 is 1.97 bits per heavy atom. The highest BCUT2D eigenvalue weighted by Crippen LogP contribution is 2.38. The molecule has 1 aliphatic carbocycles. The Balaban J connectivity index is 1.60. The number of carboxylic acid groups (broad SMARTS) is 1. The van der Waals surface area contributed by atoms with Crippen molar-refractivity contribution in [2.75, 3.05) is 13.7 Å². The molecule has 10 nitrogen and oxygen atoms in total. The molecule has 4 unspecified atom stereocenters. The number of likely N-dealkylation sites (tertiary alicyclic amines) is 1. The minimum Gasteiger partial charge on any atom is -0.497 e. The van der Waals surface area contributed by atoms with Crippen LogP contribution < -0.4 is 9.47 Å². The van der Waals surface area contributed by atoms with Crippen molar-refractivity contribution in [1.29, 1.82) is 0 Å². The van der Waals surface area contributed by atoms with Gasteiger partial charge in [0.15, 0.2) is 0 Å². The minimum atomic E-state index is -1.35. The number of hydrogen-bond donors (Lipinski definition) is 1. The Bertz CT molecular complexity index is 1190. The molecule has 1 saturated heterocycles. The normalized spacial score (nSPS) is 23.2. The third-order valence-corrected chi connectivity index (χ3v) is 6.27. The van der Waals surface area contributed by atoms with Crippen molar-refractivity contribution in [3.63, 3.8) is 0 Å². The zero-order valence-corrected chi connectivity index (χ0v) is 20.8. The Morgan fingerprint density at radius 1 is 1.22 bits per heavy atom. The van der Waals surface area contributed by atoms with Gasteiger partial charge >= 0.3 is 12.2 Å². The second kappa shape index (κ2) is 9.67. The number of carbonyl (C=O) groups is 3. The molecule has 4 rings (SSSR count). The van der Waals surface area contributed by atoms with Crippen LogP contribution in [0.25, 0.3) is 10.8 Å². The fraction of sp³-hybridized carbons (Fsp3) is 0.462. The minimum absolute atomic E-state index is 0.0442. The molecule has 2 heterocycles. The van der Waals surface area contributed by atoms with Gasteiger partial charge in [-0.2, -0.15) is 0 Å². The van der Waals surface area contributed by atoms with E-state index in [1.807, 2.05) is 18.2 Å². The number of methoxy groups -OCH3 is 1. The zero-order chi connectivity index (χ0) is 26.2. The van der Waals surface area contributed by atoms with Crippen LogP contribution in [0.5, 0.6) is 11.6 Å². The number of amides is 3. The molecule has 4 atom stereocenters. The molecule has 192 valence electrons. The zero-order valence-electron chi connectivity index (χ0n) is 20.8. The lowest BCUT2D eigenvalue weighted by Crippen LogP contribution is -2.51. The second-order valence-electron chi connectivity index (χ2n) is 10.0. The first kappa shape index (κ1) is 25.3. The summed E-state index contributed by atoms with van der Waals surface area (Å²) in [5, 5.41) is 11.4. The Kier molecular flexibility index (Phi) is 6.79. The predicted molar refractivity (Wildman–Crippen MR) is 131 cm³/mol. The molecule has 0 spiro atoms. The number of nitrogens with zero attached hydrogens (tertiary/aromatic N) is 3. The van der Waals surface area contributed by atoms with Gasteiger partial charge in [-0.05, 0) is 62.8 Å². The summed E-state index contributed by atoms with van der Waals surface area (Å²) in [5.41, 5.74) is -0.795. The molecule has 0 radical (unpaired) electrons. The number of pyridine rings is 1. The molecule has 1 saturated carbocycles. The number of imide groups is 1. The summed E-state index contributed by atoms with van der Waals surface area (Å²) in [6.07, 6.45) is 1.20. The fourth-order valence-corrected chi connectivity index (χ4v) is 4.46. The maximum atomic E-state index is 13.5. The van der Waals surface area contributed by atoms with Crippen LogP contribution in [0, 0.1) is 5.92 Å². The molecule has 10 heteroatoms. The van der Waals surface area contributed by atoms with Gasteiger partial charge in [-0.1, -0.05) is 6.08 Å². The van der Waals surface area contributed by atoms with Crippen LogP contribution in [0.3, 0.4) is 0 Å². The van der Waals surface area contributed by atoms with Crippen LogP contribution in [0.4, 0.5) is 9.59 Å². The van der Waals surface area contributed by atoms with E-state index in [-0.39, 0.29) is 18.9 Å². The van der Waals surface area contributed by atoms with Gasteiger partial charge in [-0.25, -0.2) is 19.5 Å². The molecule has 3 amide bonds. The topological polar surface area (TPSA) is 119 Å². The lowest BCUT2D eigenvalue weighted by atomic mass is 10.1. The SMILES string of the molecule is C=CC1CC1N(C(=O)O)C(=O)C1CC(Oc2nccc3cc(OC)ccc23)CN1C(=O)OC(C)(C)C. The molecule has 0 bridgehead atoms. The Labute approximate surface area is 209 Å². The molecule has 2 aliphatic rings. The first-order chi connectivity index (χ1) is 17.0. The van der Waals surface area contributed by atoms with Crippen LogP contribution in [0.1, 0.15) is 33.6 Å². The lowest BCUT2D eigenvalue weighted by Gasteiger charge is -2.29. The molecule has 2 fully saturated rings. The highest BCUT2D eigenvalue weighted by molar-refractivity contribution is 5.97. The van der Waals surface area contributed by atoms with E-state index >= 15 is 0 Å². The van der Waals surface area contributed by atoms with Gasteiger partial charge in [0.1, 0.15) is 23.5 Å². The summed E-state index contributed by atoms with van der Waals surface area (Å²) in [7, 11) is 1.58. The van der Waals surface area contributed by atoms with Crippen molar-refractivity contribution in [1.82, 2.24) is 14.8 Å². The quantitative estimate of drug-likeness (QED) is 0.593. The monoisotopic (exact) mass is 497 g/mol. The van der Waals surface area contributed by atoms with Gasteiger partial charge in [0, 0.05) is 18.0 Å². The summed E-state index contributed by atoms with van der Waals surface area (Å²) in [6.45, 7) is 8.92. The van der Waals surface area contributed by atoms with Crippen LogP contribution in [-0.4, -0.2) is 75.4 Å². The van der Waals surface area contributed by atoms with Gasteiger partial charge in [0.25, 0.3) is 5.91 Å². The highest BCUT2D eigenvalue weighted by atomic mass is 16.6. The van der Waals surface area contributed by atoms with E-state index in [1.165, 1.54) is 4.90 Å². The van der Waals surface area contributed by atoms with Crippen molar-refractivity contribution < 1.29 is 33.7 Å². The molecule has 1 aromatic carbocycles. The molecule has 2 aromatic rings. The molecule has 1 aromatic heterocycles. The predicted octanol–water partition coefficient (Wildman–Crippen LogP) is 4.08. The van der Waals surface area contributed by atoms with E-state index in [9.17, 15) is 19.5 Å². The number of hydrogen-bond acceptors (Lipinski definition) is 7. The second-order valence-corrected chi connectivity index (χ2v) is 10.0. The third-order valence-electron chi connectivity index (χ3n) is 6.27. The van der Waals surface area contributed by atoms with Crippen LogP contribution in [-0.2, 0) is 9.53 Å². The van der Waals surface area contributed by atoms with Gasteiger partial charge < -0.3 is 19.3 Å². The Morgan fingerprint density at radius 3 is 2.58 bits per heavy atom. The average Bonchev–Trinajstić information content (AvgIpc) is 3.45. The summed E-state index contributed by atoms with van der Waals surface area (Å²) < 4.78 is 17.0. The number of fused-ring (bicyclic) bond motifs is 1. The van der Waals surface area contributed by atoms with Crippen molar-refractivity contribution in [3.8, 4) is 11.6 Å². The van der Waals surface area contributed by atoms with E-state index in [1.54, 1.807) is 46.2 Å². The average molecular weight is 498 g/mol. The van der Waals surface area contributed by atoms with Gasteiger partial charge in [-0.3, -0.25) is 9.69 Å². The summed E-state index contributed by atoms with van der Waals surface area (Å²) in [5.74, 6) is 0.269. The van der Waals surface area contributed by atoms with Crippen LogP contribution in [0.15, 0.2) is 43.1 Å². The highest BCUT2D eigenvalue weighted by Gasteiger charge is 2.51. The van der Waals surface area contributed by atoms with E-state index in [2.05, 4.69) is 11.6 Å². The van der Waals surface area contributed by atoms with Gasteiger partial charge in [0.2, 0.25) is 5.88 Å². The lowest BCUT2D eigenvalue weighted by molar-refractivity contribution is -0.134. The Hall–Kier alpha value is -3.82. The van der Waals surface area contributed by atoms with Crippen molar-refractivity contribution >= 4 is 28.9 Å². The molecule has 1 N–H and O–H groups in total. The first-order valence-electron chi connectivity index (χ1n) is 11.8. The smallest absolute Gasteiger partial charge is 0.414 e. The van der Waals surface area contributed by atoms with Crippen LogP contribution in [0.2, 0.25) is 0 Å². The largest absolute Gasteiger partial charge is 0.497 e. The fourth-order valence-electron chi connectivity index (χ4n) is 4.46. The molecule has 36 heavy (non-hydrogen) atoms. The van der Waals surface area contributed by atoms with E-state index in [0.717, 1.165) is 15.7 Å². The number of benzene rings is 1. The molecule has 1 aliphatic heterocycles. The number of rotatable bonds is 6. The maximum Gasteiger partial charge on any atom is 0.414 e. The molecular weight excluding hydrogens is 466 g/mol. The van der Waals surface area contributed by atoms with E-state index in [4.69, 9.17) is 14.2 Å². The molecular formula is C26H31N3O7. The number of ether oxygens (including phenoxy) is 3. The first-order valence-corrected chi connectivity index (χ1v) is 11.8. The van der Waals surface area contributed by atoms with Crippen molar-refractivity contribution in [3.05, 3.63) is 43.1 Å². The van der Waals surface area contributed by atoms with Crippen molar-refractivity contribution in [2.24, 2.45) is 5.92 Å². The summed E-state index contributed by atoms with van der Waals surface area (Å²) >= 11 is 0. The van der Waals surface area contributed by atoms with Gasteiger partial charge in [-0.15, -0.1) is 6.58 Å². The van der Waals surface area contributed by atoms with E-state index < -0.39 is 41.9 Å². The summed E-state index contributed by atoms with van der Waals surface area (Å²) in [4.78, 5) is 44.9. The number of carbonyl (C=O) groups excluding carboxylic acids is 2. The number of aromatic nitrogens is 1. The third kappa shape index (κ3) is 5.22. The van der Waals surface area contributed by atoms with Crippen molar-refractivity contribution in [2.45, 2.75) is 57.4 Å². The van der Waals surface area contributed by atoms with E-state index in [0.29, 0.717) is 18.1 Å². The van der Waals surface area contributed by atoms with Gasteiger partial charge in [0.05, 0.1) is 19.7 Å².